The summed E-state index contributed by atoms with van der Waals surface area (Å²) in [6.07, 6.45) is 3.40. The van der Waals surface area contributed by atoms with Gasteiger partial charge in [0.2, 0.25) is 17.4 Å². The lowest BCUT2D eigenvalue weighted by atomic mass is 9.89. The van der Waals surface area contributed by atoms with Crippen LogP contribution < -0.4 is 14.2 Å². The summed E-state index contributed by atoms with van der Waals surface area (Å²) in [4.78, 5) is 0. The van der Waals surface area contributed by atoms with Crippen LogP contribution in [0.2, 0.25) is 0 Å². The predicted molar refractivity (Wildman–Crippen MR) is 170 cm³/mol. The fourth-order valence-electron chi connectivity index (χ4n) is 7.68. The minimum Gasteiger partial charge on any atom is -0.461 e. The van der Waals surface area contributed by atoms with Gasteiger partial charge in [0.1, 0.15) is 17.2 Å². The van der Waals surface area contributed by atoms with Crippen molar-refractivity contribution >= 4 is 7.82 Å². The van der Waals surface area contributed by atoms with Crippen LogP contribution in [0.4, 0.5) is 0 Å². The van der Waals surface area contributed by atoms with Gasteiger partial charge < -0.3 is 14.2 Å². The molecule has 6 rings (SSSR count). The van der Waals surface area contributed by atoms with E-state index < -0.39 is 25.2 Å². The Hall–Kier alpha value is -2.83. The van der Waals surface area contributed by atoms with Gasteiger partial charge in [0, 0.05) is 36.0 Å². The summed E-state index contributed by atoms with van der Waals surface area (Å²) in [5.74, 6) is -2.25. The van der Waals surface area contributed by atoms with Crippen molar-refractivity contribution in [3.8, 4) is 17.2 Å². The molecule has 0 aliphatic carbocycles. The summed E-state index contributed by atoms with van der Waals surface area (Å²) in [5, 5.41) is 0. The van der Waals surface area contributed by atoms with E-state index >= 15 is 4.57 Å². The van der Waals surface area contributed by atoms with Crippen LogP contribution in [0.15, 0.2) is 72.8 Å². The molecular weight excluding hydrogens is 575 g/mol. The van der Waals surface area contributed by atoms with Gasteiger partial charge in [0.05, 0.1) is 17.8 Å². The van der Waals surface area contributed by atoms with E-state index in [2.05, 4.69) is 20.8 Å². The molecule has 0 N–H and O–H groups in total. The van der Waals surface area contributed by atoms with Crippen LogP contribution in [0.3, 0.4) is 0 Å². The standard InChI is InChI=1S/C36H45O7P/c1-7-28-25-19-13-16-22-31(25)38-34(28,10-4)41-44(37,42-35(11-5)29(8-2)26-20-14-17-23-32(26)39-35)43-36(12-6)30(9-3)27-21-15-18-24-33(27)40-36/h13-24,28-30H,7-12H2,1-6H3. The normalized spacial score (nSPS) is 31.3. The van der Waals surface area contributed by atoms with Crippen LogP contribution in [-0.4, -0.2) is 17.4 Å². The zero-order valence-corrected chi connectivity index (χ0v) is 27.6. The fraction of sp³-hybridized carbons (Fsp3) is 0.500. The maximum Gasteiger partial charge on any atom is 0.484 e. The van der Waals surface area contributed by atoms with E-state index in [4.69, 9.17) is 27.8 Å². The Morgan fingerprint density at radius 1 is 0.523 bits per heavy atom. The first kappa shape index (κ1) is 31.2. The highest BCUT2D eigenvalue weighted by Gasteiger charge is 2.62. The van der Waals surface area contributed by atoms with Crippen molar-refractivity contribution in [1.82, 2.24) is 0 Å². The number of rotatable bonds is 12. The van der Waals surface area contributed by atoms with Gasteiger partial charge in [-0.25, -0.2) is 18.1 Å². The summed E-state index contributed by atoms with van der Waals surface area (Å²) in [6.45, 7) is 12.2. The molecule has 8 heteroatoms. The van der Waals surface area contributed by atoms with Crippen molar-refractivity contribution in [1.29, 1.82) is 0 Å². The van der Waals surface area contributed by atoms with Crippen molar-refractivity contribution in [2.24, 2.45) is 0 Å². The second kappa shape index (κ2) is 11.8. The summed E-state index contributed by atoms with van der Waals surface area (Å²) in [5.41, 5.74) is 3.06. The number of phosphoric ester groups is 1. The lowest BCUT2D eigenvalue weighted by Crippen LogP contribution is -2.47. The monoisotopic (exact) mass is 620 g/mol. The van der Waals surface area contributed by atoms with Crippen LogP contribution in [0.25, 0.3) is 0 Å². The number of para-hydroxylation sites is 3. The van der Waals surface area contributed by atoms with E-state index in [-0.39, 0.29) is 17.8 Å². The molecule has 3 aliphatic heterocycles. The molecule has 44 heavy (non-hydrogen) atoms. The molecule has 0 saturated carbocycles. The average Bonchev–Trinajstić information content (AvgIpc) is 3.64. The molecular formula is C36H45O7P. The first-order valence-corrected chi connectivity index (χ1v) is 17.8. The molecule has 3 aromatic carbocycles. The molecule has 0 aromatic heterocycles. The predicted octanol–water partition coefficient (Wildman–Crippen LogP) is 10.2. The van der Waals surface area contributed by atoms with E-state index in [1.54, 1.807) is 0 Å². The third-order valence-electron chi connectivity index (χ3n) is 9.83. The van der Waals surface area contributed by atoms with Crippen molar-refractivity contribution in [3.63, 3.8) is 0 Å². The Morgan fingerprint density at radius 3 is 1.05 bits per heavy atom. The first-order valence-electron chi connectivity index (χ1n) is 16.3. The number of benzene rings is 3. The van der Waals surface area contributed by atoms with Gasteiger partial charge in [-0.2, -0.15) is 0 Å². The minimum absolute atomic E-state index is 0.188. The molecule has 0 fully saturated rings. The molecule has 0 bridgehead atoms. The topological polar surface area (TPSA) is 72.5 Å². The summed E-state index contributed by atoms with van der Waals surface area (Å²) < 4.78 is 55.9. The molecule has 0 amide bonds. The maximum atomic E-state index is 15.7. The fourth-order valence-corrected chi connectivity index (χ4v) is 9.81. The minimum atomic E-state index is -4.52. The lowest BCUT2D eigenvalue weighted by Gasteiger charge is -2.43. The van der Waals surface area contributed by atoms with E-state index in [1.807, 2.05) is 93.6 Å². The highest BCUT2D eigenvalue weighted by atomic mass is 31.2. The highest BCUT2D eigenvalue weighted by Crippen LogP contribution is 2.68. The van der Waals surface area contributed by atoms with Gasteiger partial charge in [-0.3, -0.25) is 0 Å². The molecule has 6 unspecified atom stereocenters. The SMILES string of the molecule is CCC1c2ccccc2OC1(CC)OP(=O)(OC1(CC)Oc2ccccc2C1CC)OC1(CC)Oc2ccccc2C1CC. The molecule has 7 nitrogen and oxygen atoms in total. The Kier molecular flexibility index (Phi) is 8.38. The Bertz CT molecular complexity index is 1360. The number of hydrogen-bond acceptors (Lipinski definition) is 7. The number of phosphoric acid groups is 1. The van der Waals surface area contributed by atoms with Crippen molar-refractivity contribution in [2.45, 2.75) is 115 Å². The molecule has 0 saturated heterocycles. The quantitative estimate of drug-likeness (QED) is 0.187. The second-order valence-electron chi connectivity index (χ2n) is 12.0. The van der Waals surface area contributed by atoms with E-state index in [0.717, 1.165) is 33.9 Å². The number of ether oxygens (including phenoxy) is 3. The first-order chi connectivity index (χ1) is 21.3. The maximum absolute atomic E-state index is 15.7. The van der Waals surface area contributed by atoms with Gasteiger partial charge in [-0.15, -0.1) is 0 Å². The summed E-state index contributed by atoms with van der Waals surface area (Å²) in [6, 6.07) is 23.7. The summed E-state index contributed by atoms with van der Waals surface area (Å²) in [7, 11) is -4.52. The lowest BCUT2D eigenvalue weighted by molar-refractivity contribution is -0.208. The zero-order chi connectivity index (χ0) is 31.2. The molecule has 6 atom stereocenters. The van der Waals surface area contributed by atoms with E-state index in [1.165, 1.54) is 0 Å². The Morgan fingerprint density at radius 2 is 0.795 bits per heavy atom. The van der Waals surface area contributed by atoms with Crippen molar-refractivity contribution < 1.29 is 32.3 Å². The highest BCUT2D eigenvalue weighted by molar-refractivity contribution is 7.48. The van der Waals surface area contributed by atoms with Gasteiger partial charge in [0.15, 0.2) is 0 Å². The van der Waals surface area contributed by atoms with Crippen LogP contribution in [-0.2, 0) is 18.1 Å². The molecule has 0 spiro atoms. The smallest absolute Gasteiger partial charge is 0.461 e. The molecule has 3 heterocycles. The molecule has 236 valence electrons. The van der Waals surface area contributed by atoms with Gasteiger partial charge in [-0.1, -0.05) is 96.1 Å². The molecule has 0 radical (unpaired) electrons. The average molecular weight is 621 g/mol. The number of fused-ring (bicyclic) bond motifs is 3. The summed E-state index contributed by atoms with van der Waals surface area (Å²) >= 11 is 0. The molecule has 3 aliphatic rings. The van der Waals surface area contributed by atoms with Gasteiger partial charge >= 0.3 is 7.82 Å². The second-order valence-corrected chi connectivity index (χ2v) is 13.5. The Labute approximate surface area is 261 Å². The largest absolute Gasteiger partial charge is 0.484 e. The van der Waals surface area contributed by atoms with Crippen LogP contribution >= 0.6 is 7.82 Å². The van der Waals surface area contributed by atoms with Crippen LogP contribution in [0.1, 0.15) is 115 Å². The van der Waals surface area contributed by atoms with Crippen LogP contribution in [0, 0.1) is 0 Å². The van der Waals surface area contributed by atoms with Crippen molar-refractivity contribution in [3.05, 3.63) is 89.5 Å². The third kappa shape index (κ3) is 4.88. The third-order valence-corrected chi connectivity index (χ3v) is 11.4. The molecule has 3 aromatic rings. The number of hydrogen-bond donors (Lipinski definition) is 0. The van der Waals surface area contributed by atoms with Gasteiger partial charge in [0.25, 0.3) is 0 Å². The zero-order valence-electron chi connectivity index (χ0n) is 26.7. The van der Waals surface area contributed by atoms with Crippen LogP contribution in [0.5, 0.6) is 17.2 Å². The van der Waals surface area contributed by atoms with Crippen molar-refractivity contribution in [2.75, 3.05) is 0 Å². The Balaban J connectivity index is 1.46. The van der Waals surface area contributed by atoms with E-state index in [0.29, 0.717) is 38.5 Å². The van der Waals surface area contributed by atoms with Gasteiger partial charge in [-0.05, 0) is 37.5 Å². The van der Waals surface area contributed by atoms with E-state index in [9.17, 15) is 0 Å².